The van der Waals surface area contributed by atoms with E-state index in [4.69, 9.17) is 0 Å². The van der Waals surface area contributed by atoms with Crippen molar-refractivity contribution in [2.24, 2.45) is 0 Å². The molecule has 2 aliphatic rings. The van der Waals surface area contributed by atoms with Gasteiger partial charge in [0.15, 0.2) is 0 Å². The summed E-state index contributed by atoms with van der Waals surface area (Å²) in [5, 5.41) is 0. The first kappa shape index (κ1) is 15.3. The summed E-state index contributed by atoms with van der Waals surface area (Å²) in [4.78, 5) is 2.63. The molecule has 0 bridgehead atoms. The average molecular weight is 406 g/mol. The summed E-state index contributed by atoms with van der Waals surface area (Å²) in [5.41, 5.74) is 9.27. The summed E-state index contributed by atoms with van der Waals surface area (Å²) in [6, 6.07) is 18.0. The second kappa shape index (κ2) is 5.98. The van der Waals surface area contributed by atoms with Gasteiger partial charge in [-0.3, -0.25) is 0 Å². The fraction of sp³-hybridized carbons (Fsp3) is 0.273. The van der Waals surface area contributed by atoms with Crippen LogP contribution in [0.3, 0.4) is 0 Å². The predicted octanol–water partition coefficient (Wildman–Crippen LogP) is 6.05. The summed E-state index contributed by atoms with van der Waals surface area (Å²) in [6.45, 7) is 4.67. The Balaban J connectivity index is 1.61. The minimum absolute atomic E-state index is 0.672. The molecule has 0 saturated heterocycles. The third-order valence-electron chi connectivity index (χ3n) is 5.47. The molecule has 0 amide bonds. The van der Waals surface area contributed by atoms with Crippen molar-refractivity contribution in [1.82, 2.24) is 0 Å². The zero-order valence-corrected chi connectivity index (χ0v) is 17.0. The molecule has 2 aromatic carbocycles. The molecule has 1 radical (unpaired) electrons. The summed E-state index contributed by atoms with van der Waals surface area (Å²) in [7, 11) is 0. The van der Waals surface area contributed by atoms with E-state index in [0.29, 0.717) is 5.92 Å². The number of rotatable bonds is 3. The van der Waals surface area contributed by atoms with Gasteiger partial charge in [-0.1, -0.05) is 0 Å². The topological polar surface area (TPSA) is 0 Å². The van der Waals surface area contributed by atoms with Crippen LogP contribution in [0.25, 0.3) is 12.2 Å². The van der Waals surface area contributed by atoms with Gasteiger partial charge in [0.1, 0.15) is 0 Å². The van der Waals surface area contributed by atoms with E-state index in [2.05, 4.69) is 79.5 Å². The molecule has 2 aromatic rings. The molecule has 1 heteroatoms. The molecule has 4 rings (SSSR count). The van der Waals surface area contributed by atoms with Crippen molar-refractivity contribution in [3.05, 3.63) is 81.9 Å². The van der Waals surface area contributed by atoms with E-state index in [1.54, 1.807) is 22.3 Å². The zero-order chi connectivity index (χ0) is 16.0. The van der Waals surface area contributed by atoms with Crippen LogP contribution in [0.1, 0.15) is 46.0 Å². The van der Waals surface area contributed by atoms with Crippen LogP contribution in [0.15, 0.2) is 59.7 Å². The molecule has 23 heavy (non-hydrogen) atoms. The Labute approximate surface area is 146 Å². The van der Waals surface area contributed by atoms with Crippen molar-refractivity contribution in [1.29, 1.82) is 0 Å². The van der Waals surface area contributed by atoms with Crippen LogP contribution < -0.4 is 0 Å². The molecule has 0 nitrogen and oxygen atoms in total. The number of benzene rings is 2. The Morgan fingerprint density at radius 1 is 0.783 bits per heavy atom. The van der Waals surface area contributed by atoms with E-state index in [0.717, 1.165) is 3.93 Å². The molecule has 0 aliphatic heterocycles. The van der Waals surface area contributed by atoms with Crippen LogP contribution in [0.2, 0.25) is 9.38 Å². The van der Waals surface area contributed by atoms with Crippen LogP contribution in [0.4, 0.5) is 0 Å². The van der Waals surface area contributed by atoms with E-state index in [-0.39, 0.29) is 0 Å². The Morgan fingerprint density at radius 3 is 2.09 bits per heavy atom. The molecule has 2 aliphatic carbocycles. The summed E-state index contributed by atoms with van der Waals surface area (Å²) < 4.78 is 2.19. The molecule has 0 heterocycles. The van der Waals surface area contributed by atoms with Crippen LogP contribution in [-0.4, -0.2) is 19.8 Å². The first-order chi connectivity index (χ1) is 11.1. The standard InChI is InChI=1S/C11H11.C10H9.CH3.Sn/c1-8-7-10-5-3-4-6-11(10)9(8)2;1-8-6-9-4-2-3-5-10(9)7-8;;/h3-7,9H,2H2,1H3;2-7H,1H3;1H3;. The van der Waals surface area contributed by atoms with Gasteiger partial charge in [-0.05, 0) is 0 Å². The van der Waals surface area contributed by atoms with E-state index in [9.17, 15) is 0 Å². The van der Waals surface area contributed by atoms with Gasteiger partial charge in [-0.2, -0.15) is 0 Å². The normalized spacial score (nSPS) is 21.9. The maximum atomic E-state index is 2.63. The van der Waals surface area contributed by atoms with Gasteiger partial charge in [-0.15, -0.1) is 0 Å². The average Bonchev–Trinajstić information content (AvgIpc) is 3.04. The van der Waals surface area contributed by atoms with Crippen LogP contribution >= 0.6 is 0 Å². The van der Waals surface area contributed by atoms with E-state index in [1.807, 2.05) is 0 Å². The first-order valence-corrected chi connectivity index (χ1v) is 15.0. The molecule has 2 atom stereocenters. The molecule has 115 valence electrons. The zero-order valence-electron chi connectivity index (χ0n) is 14.1. The monoisotopic (exact) mass is 407 g/mol. The number of hydrogen-bond donors (Lipinski definition) is 0. The predicted molar refractivity (Wildman–Crippen MR) is 102 cm³/mol. The van der Waals surface area contributed by atoms with Crippen molar-refractivity contribution < 1.29 is 0 Å². The van der Waals surface area contributed by atoms with Gasteiger partial charge in [0.2, 0.25) is 0 Å². The fourth-order valence-corrected chi connectivity index (χ4v) is 13.2. The van der Waals surface area contributed by atoms with Gasteiger partial charge in [-0.25, -0.2) is 0 Å². The molecule has 0 fully saturated rings. The molecular formula is C22H23Sn. The van der Waals surface area contributed by atoms with Crippen molar-refractivity contribution in [3.63, 3.8) is 0 Å². The quantitative estimate of drug-likeness (QED) is 0.545. The molecule has 0 saturated carbocycles. The second-order valence-corrected chi connectivity index (χ2v) is 14.7. The first-order valence-electron chi connectivity index (χ1n) is 8.51. The summed E-state index contributed by atoms with van der Waals surface area (Å²) in [5.74, 6) is 0.672. The van der Waals surface area contributed by atoms with E-state index in [1.165, 1.54) is 15.6 Å². The van der Waals surface area contributed by atoms with Crippen molar-refractivity contribution in [3.8, 4) is 0 Å². The van der Waals surface area contributed by atoms with Gasteiger partial charge in [0, 0.05) is 0 Å². The van der Waals surface area contributed by atoms with E-state index >= 15 is 0 Å². The third-order valence-corrected chi connectivity index (χ3v) is 13.5. The number of allylic oxidation sites excluding steroid dienone is 2. The van der Waals surface area contributed by atoms with E-state index < -0.39 is 19.8 Å². The van der Waals surface area contributed by atoms with Crippen LogP contribution in [0.5, 0.6) is 0 Å². The van der Waals surface area contributed by atoms with Crippen molar-refractivity contribution in [2.45, 2.75) is 33.1 Å². The summed E-state index contributed by atoms with van der Waals surface area (Å²) in [6.07, 6.45) is 4.83. The molecule has 2 unspecified atom stereocenters. The van der Waals surface area contributed by atoms with Crippen molar-refractivity contribution in [2.75, 3.05) is 0 Å². The number of fused-ring (bicyclic) bond motifs is 2. The second-order valence-electron chi connectivity index (χ2n) is 7.07. The van der Waals surface area contributed by atoms with Crippen LogP contribution in [0, 0.1) is 0 Å². The third kappa shape index (κ3) is 2.61. The van der Waals surface area contributed by atoms with Gasteiger partial charge in [0.05, 0.1) is 0 Å². The molecular weight excluding hydrogens is 383 g/mol. The molecule has 0 aromatic heterocycles. The fourth-order valence-electron chi connectivity index (χ4n) is 4.39. The summed E-state index contributed by atoms with van der Waals surface area (Å²) >= 11 is -1.56. The molecule has 0 N–H and O–H groups in total. The van der Waals surface area contributed by atoms with Gasteiger partial charge in [0.25, 0.3) is 0 Å². The Kier molecular flexibility index (Phi) is 3.96. The van der Waals surface area contributed by atoms with Crippen molar-refractivity contribution >= 4 is 31.9 Å². The maximum absolute atomic E-state index is 2.63. The van der Waals surface area contributed by atoms with Gasteiger partial charge >= 0.3 is 147 Å². The molecule has 0 spiro atoms. The minimum atomic E-state index is -1.56. The Morgan fingerprint density at radius 2 is 1.35 bits per heavy atom. The SMILES string of the molecule is CC1=Cc2ccccc2C1[CH2][Sn]([CH3])[CH]1C(C)=Cc2ccccc21. The Bertz CT molecular complexity index is 812. The van der Waals surface area contributed by atoms with Crippen LogP contribution in [-0.2, 0) is 0 Å². The Hall–Kier alpha value is -1.28. The van der Waals surface area contributed by atoms with Gasteiger partial charge < -0.3 is 0 Å². The number of hydrogen-bond acceptors (Lipinski definition) is 0.